The van der Waals surface area contributed by atoms with Crippen LogP contribution in [0.2, 0.25) is 0 Å². The van der Waals surface area contributed by atoms with Crippen LogP contribution < -0.4 is 0 Å². The minimum absolute atomic E-state index is 0.0348. The van der Waals surface area contributed by atoms with Gasteiger partial charge in [-0.05, 0) is 72.1 Å². The molecular weight excluding hydrogens is 540 g/mol. The Labute approximate surface area is 246 Å². The van der Waals surface area contributed by atoms with Crippen LogP contribution in [-0.4, -0.2) is 19.8 Å². The predicted octanol–water partition coefficient (Wildman–Crippen LogP) is 9.22. The molecule has 0 amide bonds. The molecule has 0 N–H and O–H groups in total. The second-order valence-electron chi connectivity index (χ2n) is 10.5. The van der Waals surface area contributed by atoms with Gasteiger partial charge in [0.25, 0.3) is 0 Å². The number of hydrogen-bond acceptors (Lipinski definition) is 12. The number of unbranched alkanes of at least 4 members (excludes halogenated alkanes) is 16. The molecule has 0 heterocycles. The molecule has 41 heavy (non-hydrogen) atoms. The van der Waals surface area contributed by atoms with Gasteiger partial charge in [0.15, 0.2) is 0 Å². The smallest absolute Gasteiger partial charge is 0.144 e. The molecule has 1 saturated carbocycles. The lowest BCUT2D eigenvalue weighted by Crippen LogP contribution is -2.17. The summed E-state index contributed by atoms with van der Waals surface area (Å²) < 4.78 is 0. The van der Waals surface area contributed by atoms with Crippen LogP contribution in [0.3, 0.4) is 0 Å². The quantitative estimate of drug-likeness (QED) is 0.0319. The first-order valence-electron chi connectivity index (χ1n) is 15.9. The first-order valence-corrected chi connectivity index (χ1v) is 15.9. The van der Waals surface area contributed by atoms with Crippen molar-refractivity contribution in [1.82, 2.24) is 0 Å². The molecule has 0 spiro atoms. The van der Waals surface area contributed by atoms with Crippen LogP contribution in [0.1, 0.15) is 155 Å². The monoisotopic (exact) mass is 596 g/mol. The molecule has 1 fully saturated rings. The molecule has 0 aliphatic heterocycles. The molecule has 0 aromatic carbocycles. The highest BCUT2D eigenvalue weighted by molar-refractivity contribution is 4.91. The van der Waals surface area contributed by atoms with Gasteiger partial charge in [0.1, 0.15) is 5.76 Å². The van der Waals surface area contributed by atoms with E-state index in [-0.39, 0.29) is 12.7 Å². The summed E-state index contributed by atoms with van der Waals surface area (Å²) in [6.07, 6.45) is 29.7. The third kappa shape index (κ3) is 27.7. The standard InChI is InChI=1S/C29H56O12/c1-3-4-5-6-7-8-9-10-11-12-13-14-15-16-17-18-20-25-29(32-34-30-2)26-27-31-35-37-39-41-40-38-36-33-28-23-21-19-22-24-28/h25,28H,3-24,26-27H2,1-2H3. The van der Waals surface area contributed by atoms with Crippen LogP contribution >= 0.6 is 0 Å². The first kappa shape index (κ1) is 38.1. The summed E-state index contributed by atoms with van der Waals surface area (Å²) in [7, 11) is 1.36. The lowest BCUT2D eigenvalue weighted by atomic mass is 9.98. The highest BCUT2D eigenvalue weighted by atomic mass is 17.9. The van der Waals surface area contributed by atoms with Crippen molar-refractivity contribution < 1.29 is 59.9 Å². The maximum absolute atomic E-state index is 5.09. The van der Waals surface area contributed by atoms with Gasteiger partial charge >= 0.3 is 0 Å². The molecule has 0 radical (unpaired) electrons. The first-order chi connectivity index (χ1) is 20.4. The van der Waals surface area contributed by atoms with Crippen LogP contribution in [0.15, 0.2) is 11.8 Å². The third-order valence-electron chi connectivity index (χ3n) is 7.01. The summed E-state index contributed by atoms with van der Waals surface area (Å²) in [6.45, 7) is 2.35. The molecule has 0 saturated heterocycles. The van der Waals surface area contributed by atoms with E-state index in [4.69, 9.17) is 14.7 Å². The Hall–Kier alpha value is -0.900. The maximum atomic E-state index is 5.09. The van der Waals surface area contributed by atoms with E-state index in [1.807, 2.05) is 6.08 Å². The van der Waals surface area contributed by atoms with Crippen molar-refractivity contribution in [2.45, 2.75) is 161 Å². The van der Waals surface area contributed by atoms with Crippen molar-refractivity contribution in [2.75, 3.05) is 13.7 Å². The van der Waals surface area contributed by atoms with Gasteiger partial charge in [-0.3, -0.25) is 0 Å². The van der Waals surface area contributed by atoms with Gasteiger partial charge in [-0.25, -0.2) is 9.78 Å². The topological polar surface area (TPSA) is 111 Å². The van der Waals surface area contributed by atoms with Crippen molar-refractivity contribution >= 4 is 0 Å². The normalized spacial score (nSPS) is 14.6. The summed E-state index contributed by atoms with van der Waals surface area (Å²) in [5, 5.41) is 33.7. The van der Waals surface area contributed by atoms with Gasteiger partial charge in [0, 0.05) is 6.42 Å². The van der Waals surface area contributed by atoms with E-state index in [1.165, 1.54) is 110 Å². The molecule has 1 rings (SSSR count). The number of hydrogen-bond donors (Lipinski definition) is 0. The van der Waals surface area contributed by atoms with Crippen LogP contribution in [0.25, 0.3) is 0 Å². The molecule has 0 aromatic rings. The van der Waals surface area contributed by atoms with E-state index >= 15 is 0 Å². The van der Waals surface area contributed by atoms with Crippen molar-refractivity contribution in [2.24, 2.45) is 0 Å². The Morgan fingerprint density at radius 2 is 1.10 bits per heavy atom. The van der Waals surface area contributed by atoms with Crippen molar-refractivity contribution in [3.63, 3.8) is 0 Å². The van der Waals surface area contributed by atoms with E-state index < -0.39 is 0 Å². The summed E-state index contributed by atoms with van der Waals surface area (Å²) in [5.41, 5.74) is 0. The highest BCUT2D eigenvalue weighted by Crippen LogP contribution is 2.20. The third-order valence-corrected chi connectivity index (χ3v) is 7.01. The van der Waals surface area contributed by atoms with Gasteiger partial charge in [-0.2, -0.15) is 4.89 Å². The van der Waals surface area contributed by atoms with Crippen molar-refractivity contribution in [3.8, 4) is 0 Å². The Balaban J connectivity index is 1.87. The minimum Gasteiger partial charge on any atom is -0.313 e. The summed E-state index contributed by atoms with van der Waals surface area (Å²) in [5.74, 6) is 0.542. The van der Waals surface area contributed by atoms with E-state index in [9.17, 15) is 0 Å². The highest BCUT2D eigenvalue weighted by Gasteiger charge is 2.15. The van der Waals surface area contributed by atoms with Gasteiger partial charge in [-0.1, -0.05) is 122 Å². The molecule has 0 bridgehead atoms. The van der Waals surface area contributed by atoms with E-state index in [1.54, 1.807) is 0 Å². The van der Waals surface area contributed by atoms with Gasteiger partial charge in [0.2, 0.25) is 0 Å². The Bertz CT molecular complexity index is 546. The fourth-order valence-electron chi connectivity index (χ4n) is 4.70. The average Bonchev–Trinajstić information content (AvgIpc) is 3.00. The maximum Gasteiger partial charge on any atom is 0.144 e. The van der Waals surface area contributed by atoms with Gasteiger partial charge < -0.3 is 4.89 Å². The minimum atomic E-state index is -0.0348. The Morgan fingerprint density at radius 1 is 0.585 bits per heavy atom. The molecule has 1 aliphatic rings. The largest absolute Gasteiger partial charge is 0.313 e. The molecule has 244 valence electrons. The summed E-state index contributed by atoms with van der Waals surface area (Å²) in [4.78, 5) is 19.3. The zero-order chi connectivity index (χ0) is 29.3. The van der Waals surface area contributed by atoms with Crippen LogP contribution in [-0.2, 0) is 59.9 Å². The Kier molecular flexibility index (Phi) is 29.8. The second-order valence-corrected chi connectivity index (χ2v) is 10.5. The van der Waals surface area contributed by atoms with E-state index in [0.717, 1.165) is 38.5 Å². The van der Waals surface area contributed by atoms with E-state index in [0.29, 0.717) is 12.2 Å². The summed E-state index contributed by atoms with van der Waals surface area (Å²) >= 11 is 0. The lowest BCUT2D eigenvalue weighted by Gasteiger charge is -2.18. The molecule has 12 nitrogen and oxygen atoms in total. The molecule has 0 unspecified atom stereocenters. The number of allylic oxidation sites excluding steroid dienone is 1. The molecular formula is C29H56O12. The Morgan fingerprint density at radius 3 is 1.66 bits per heavy atom. The molecule has 12 heteroatoms. The van der Waals surface area contributed by atoms with Crippen molar-refractivity contribution in [3.05, 3.63) is 11.8 Å². The van der Waals surface area contributed by atoms with Crippen LogP contribution in [0.5, 0.6) is 0 Å². The zero-order valence-electron chi connectivity index (χ0n) is 25.5. The molecule has 0 aromatic heterocycles. The SMILES string of the molecule is CCCCCCCCCCCCCCCCCCC=C(CCOOOOOOOOOC1CCCCC1)OOOC. The fourth-order valence-corrected chi connectivity index (χ4v) is 4.70. The van der Waals surface area contributed by atoms with E-state index in [2.05, 4.69) is 52.1 Å². The predicted molar refractivity (Wildman–Crippen MR) is 148 cm³/mol. The van der Waals surface area contributed by atoms with Crippen LogP contribution in [0, 0.1) is 0 Å². The van der Waals surface area contributed by atoms with Gasteiger partial charge in [-0.15, -0.1) is 0 Å². The number of rotatable bonds is 32. The van der Waals surface area contributed by atoms with Gasteiger partial charge in [0.05, 0.1) is 19.8 Å². The molecule has 1 aliphatic carbocycles. The fraction of sp³-hybridized carbons (Fsp3) is 0.931. The second kappa shape index (κ2) is 32.0. The van der Waals surface area contributed by atoms with Crippen molar-refractivity contribution in [1.29, 1.82) is 0 Å². The average molecular weight is 597 g/mol. The molecule has 0 atom stereocenters. The lowest BCUT2D eigenvalue weighted by molar-refractivity contribution is -0.832. The van der Waals surface area contributed by atoms with Crippen LogP contribution in [0.4, 0.5) is 0 Å². The summed E-state index contributed by atoms with van der Waals surface area (Å²) in [6, 6.07) is 0. The zero-order valence-corrected chi connectivity index (χ0v) is 25.5.